The third kappa shape index (κ3) is 2.21. The van der Waals surface area contributed by atoms with Crippen molar-refractivity contribution in [3.63, 3.8) is 0 Å². The first-order valence-electron chi connectivity index (χ1n) is 5.48. The third-order valence-corrected chi connectivity index (χ3v) is 3.02. The summed E-state index contributed by atoms with van der Waals surface area (Å²) in [5, 5.41) is 2.62. The monoisotopic (exact) mass is 235 g/mol. The maximum atomic E-state index is 6.11. The van der Waals surface area contributed by atoms with Crippen molar-refractivity contribution in [2.45, 2.75) is 26.3 Å². The molecule has 0 saturated heterocycles. The zero-order valence-corrected chi connectivity index (χ0v) is 10.6. The van der Waals surface area contributed by atoms with Gasteiger partial charge in [0, 0.05) is 6.04 Å². The summed E-state index contributed by atoms with van der Waals surface area (Å²) in [5.74, 6) is 0. The quantitative estimate of drug-likeness (QED) is 0.837. The van der Waals surface area contributed by atoms with Gasteiger partial charge in [0.1, 0.15) is 0 Å². The van der Waals surface area contributed by atoms with E-state index in [0.717, 1.165) is 6.42 Å². The van der Waals surface area contributed by atoms with Gasteiger partial charge >= 0.3 is 0 Å². The number of hydrogen-bond acceptors (Lipinski definition) is 1. The first-order chi connectivity index (χ1) is 7.24. The molecule has 1 atom stereocenters. The Morgan fingerprint density at radius 2 is 1.69 bits per heavy atom. The van der Waals surface area contributed by atoms with Crippen molar-refractivity contribution in [2.75, 3.05) is 0 Å². The molecule has 0 heterocycles. The van der Waals surface area contributed by atoms with Crippen molar-refractivity contribution in [2.24, 2.45) is 5.73 Å². The molecule has 0 bridgehead atoms. The van der Waals surface area contributed by atoms with Crippen molar-refractivity contribution in [3.8, 4) is 0 Å². The van der Waals surface area contributed by atoms with Crippen molar-refractivity contribution in [1.29, 1.82) is 0 Å². The van der Waals surface area contributed by atoms with Crippen LogP contribution in [0.1, 0.15) is 30.5 Å². The van der Waals surface area contributed by atoms with Crippen LogP contribution in [0.15, 0.2) is 36.4 Å². The number of rotatable bonds is 2. The number of nitrogens with two attached hydrogens (primary N) is 1. The van der Waals surface area contributed by atoms with E-state index in [9.17, 15) is 0 Å². The fraction of sp³-hybridized carbons (Fsp3) is 0.286. The molecule has 2 N–H and O–H groups in total. The lowest BCUT2D eigenvalue weighted by Gasteiger charge is -2.13. The lowest BCUT2D eigenvalue weighted by atomic mass is 9.95. The number of halogens is 1. The molecular formula is C14H18ClN. The van der Waals surface area contributed by atoms with Gasteiger partial charge in [-0.15, -0.1) is 12.4 Å². The normalized spacial score (nSPS) is 12.2. The number of aryl methyl sites for hydroxylation is 1. The molecule has 2 aromatic carbocycles. The SMILES string of the molecule is CC[C@H](N)c1ccc(C)c2ccccc12.Cl. The maximum Gasteiger partial charge on any atom is 0.0298 e. The molecule has 0 fully saturated rings. The molecule has 86 valence electrons. The highest BCUT2D eigenvalue weighted by atomic mass is 35.5. The molecule has 0 spiro atoms. The van der Waals surface area contributed by atoms with Crippen molar-refractivity contribution < 1.29 is 0 Å². The first-order valence-corrected chi connectivity index (χ1v) is 5.48. The molecule has 0 amide bonds. The van der Waals surface area contributed by atoms with Crippen molar-refractivity contribution >= 4 is 23.2 Å². The molecule has 16 heavy (non-hydrogen) atoms. The van der Waals surface area contributed by atoms with Gasteiger partial charge in [0.05, 0.1) is 0 Å². The summed E-state index contributed by atoms with van der Waals surface area (Å²) in [7, 11) is 0. The topological polar surface area (TPSA) is 26.0 Å². The number of hydrogen-bond donors (Lipinski definition) is 1. The molecule has 0 saturated carbocycles. The van der Waals surface area contributed by atoms with Crippen LogP contribution in [0, 0.1) is 6.92 Å². The van der Waals surface area contributed by atoms with E-state index in [-0.39, 0.29) is 18.4 Å². The Morgan fingerprint density at radius 1 is 1.06 bits per heavy atom. The van der Waals surface area contributed by atoms with Crippen LogP contribution in [0.3, 0.4) is 0 Å². The zero-order chi connectivity index (χ0) is 10.8. The van der Waals surface area contributed by atoms with Gasteiger partial charge in [-0.05, 0) is 35.2 Å². The van der Waals surface area contributed by atoms with Gasteiger partial charge in [0.15, 0.2) is 0 Å². The minimum atomic E-state index is 0. The summed E-state index contributed by atoms with van der Waals surface area (Å²) >= 11 is 0. The van der Waals surface area contributed by atoms with E-state index >= 15 is 0 Å². The molecule has 0 aliphatic carbocycles. The maximum absolute atomic E-state index is 6.11. The molecular weight excluding hydrogens is 218 g/mol. The number of fused-ring (bicyclic) bond motifs is 1. The second kappa shape index (κ2) is 5.33. The molecule has 2 rings (SSSR count). The van der Waals surface area contributed by atoms with Crippen LogP contribution in [-0.2, 0) is 0 Å². The highest BCUT2D eigenvalue weighted by molar-refractivity contribution is 5.88. The van der Waals surface area contributed by atoms with Gasteiger partial charge in [0.25, 0.3) is 0 Å². The Bertz CT molecular complexity index is 479. The van der Waals surface area contributed by atoms with E-state index in [1.807, 2.05) is 0 Å². The highest BCUT2D eigenvalue weighted by Gasteiger charge is 2.08. The molecule has 1 nitrogen and oxygen atoms in total. The Morgan fingerprint density at radius 3 is 2.31 bits per heavy atom. The van der Waals surface area contributed by atoms with Crippen LogP contribution in [0.2, 0.25) is 0 Å². The average molecular weight is 236 g/mol. The van der Waals surface area contributed by atoms with Gasteiger partial charge in [-0.2, -0.15) is 0 Å². The van der Waals surface area contributed by atoms with Gasteiger partial charge in [-0.3, -0.25) is 0 Å². The smallest absolute Gasteiger partial charge is 0.0298 e. The van der Waals surface area contributed by atoms with Gasteiger partial charge in [-0.1, -0.05) is 43.3 Å². The fourth-order valence-electron chi connectivity index (χ4n) is 2.02. The molecule has 2 heteroatoms. The second-order valence-electron chi connectivity index (χ2n) is 4.03. The van der Waals surface area contributed by atoms with Gasteiger partial charge < -0.3 is 5.73 Å². The largest absolute Gasteiger partial charge is 0.324 e. The summed E-state index contributed by atoms with van der Waals surface area (Å²) in [6.45, 7) is 4.27. The summed E-state index contributed by atoms with van der Waals surface area (Å²) in [6.07, 6.45) is 0.979. The van der Waals surface area contributed by atoms with Crippen LogP contribution in [-0.4, -0.2) is 0 Å². The van der Waals surface area contributed by atoms with Crippen molar-refractivity contribution in [3.05, 3.63) is 47.5 Å². The predicted molar refractivity (Wildman–Crippen MR) is 73.2 cm³/mol. The number of benzene rings is 2. The minimum Gasteiger partial charge on any atom is -0.324 e. The first kappa shape index (κ1) is 13.0. The van der Waals surface area contributed by atoms with E-state index < -0.39 is 0 Å². The second-order valence-corrected chi connectivity index (χ2v) is 4.03. The summed E-state index contributed by atoms with van der Waals surface area (Å²) in [4.78, 5) is 0. The van der Waals surface area contributed by atoms with Crippen molar-refractivity contribution in [1.82, 2.24) is 0 Å². The van der Waals surface area contributed by atoms with E-state index in [1.165, 1.54) is 21.9 Å². The zero-order valence-electron chi connectivity index (χ0n) is 9.73. The fourth-order valence-corrected chi connectivity index (χ4v) is 2.02. The van der Waals surface area contributed by atoms with E-state index in [1.54, 1.807) is 0 Å². The lowest BCUT2D eigenvalue weighted by Crippen LogP contribution is -2.09. The molecule has 0 unspecified atom stereocenters. The summed E-state index contributed by atoms with van der Waals surface area (Å²) in [6, 6.07) is 12.9. The Labute approximate surface area is 103 Å². The molecule has 0 aliphatic rings. The molecule has 0 radical (unpaired) electrons. The molecule has 0 aliphatic heterocycles. The van der Waals surface area contributed by atoms with Crippen LogP contribution in [0.4, 0.5) is 0 Å². The molecule has 0 aromatic heterocycles. The van der Waals surface area contributed by atoms with E-state index in [0.29, 0.717) is 0 Å². The third-order valence-electron chi connectivity index (χ3n) is 3.02. The Kier molecular flexibility index (Phi) is 4.34. The minimum absolute atomic E-state index is 0. The Balaban J connectivity index is 0.00000128. The lowest BCUT2D eigenvalue weighted by molar-refractivity contribution is 0.704. The molecule has 2 aromatic rings. The van der Waals surface area contributed by atoms with E-state index in [4.69, 9.17) is 5.73 Å². The summed E-state index contributed by atoms with van der Waals surface area (Å²) < 4.78 is 0. The van der Waals surface area contributed by atoms with E-state index in [2.05, 4.69) is 50.2 Å². The van der Waals surface area contributed by atoms with Crippen LogP contribution in [0.25, 0.3) is 10.8 Å². The highest BCUT2D eigenvalue weighted by Crippen LogP contribution is 2.26. The van der Waals surface area contributed by atoms with Crippen LogP contribution in [0.5, 0.6) is 0 Å². The van der Waals surface area contributed by atoms with Crippen LogP contribution >= 0.6 is 12.4 Å². The van der Waals surface area contributed by atoms with Gasteiger partial charge in [0.2, 0.25) is 0 Å². The summed E-state index contributed by atoms with van der Waals surface area (Å²) in [5.41, 5.74) is 8.69. The average Bonchev–Trinajstić information content (AvgIpc) is 2.29. The standard InChI is InChI=1S/C14H17N.ClH/c1-3-14(15)13-9-8-10(2)11-6-4-5-7-12(11)13;/h4-9,14H,3,15H2,1-2H3;1H/t14-;/m0./s1. The predicted octanol–water partition coefficient (Wildman–Crippen LogP) is 3.98. The van der Waals surface area contributed by atoms with Crippen LogP contribution < -0.4 is 5.73 Å². The Hall–Kier alpha value is -1.05. The van der Waals surface area contributed by atoms with Gasteiger partial charge in [-0.25, -0.2) is 0 Å².